The molecular formula is C12H12OS2. The minimum atomic E-state index is 0.0185. The molecule has 0 unspecified atom stereocenters. The van der Waals surface area contributed by atoms with Crippen LogP contribution in [-0.2, 0) is 4.79 Å². The third kappa shape index (κ3) is 4.23. The van der Waals surface area contributed by atoms with Gasteiger partial charge < -0.3 is 0 Å². The molecule has 0 spiro atoms. The van der Waals surface area contributed by atoms with E-state index in [2.05, 4.69) is 41.6 Å². The van der Waals surface area contributed by atoms with Gasteiger partial charge in [0.25, 0.3) is 0 Å². The van der Waals surface area contributed by atoms with Crippen molar-refractivity contribution >= 4 is 28.5 Å². The van der Waals surface area contributed by atoms with Gasteiger partial charge in [-0.05, 0) is 35.9 Å². The van der Waals surface area contributed by atoms with E-state index in [1.807, 2.05) is 0 Å². The third-order valence-corrected chi connectivity index (χ3v) is 3.51. The maximum atomic E-state index is 9.69. The molecule has 0 saturated carbocycles. The fourth-order valence-corrected chi connectivity index (χ4v) is 2.42. The Morgan fingerprint density at radius 1 is 1.20 bits per heavy atom. The van der Waals surface area contributed by atoms with Crippen LogP contribution in [0, 0.1) is 0 Å². The van der Waals surface area contributed by atoms with E-state index >= 15 is 0 Å². The number of carbonyl (C=O) groups is 1. The van der Waals surface area contributed by atoms with Crippen LogP contribution in [0.4, 0.5) is 0 Å². The van der Waals surface area contributed by atoms with Crippen molar-refractivity contribution in [3.8, 4) is 9.75 Å². The molecule has 2 aromatic rings. The van der Waals surface area contributed by atoms with Gasteiger partial charge in [0.15, 0.2) is 5.78 Å². The molecule has 0 aromatic carbocycles. The molecule has 1 nitrogen and oxygen atoms in total. The van der Waals surface area contributed by atoms with Crippen LogP contribution in [0.5, 0.6) is 0 Å². The summed E-state index contributed by atoms with van der Waals surface area (Å²) in [6, 6.07) is 8.46. The van der Waals surface area contributed by atoms with Crippen LogP contribution in [0.3, 0.4) is 0 Å². The van der Waals surface area contributed by atoms with Gasteiger partial charge in [0.05, 0.1) is 0 Å². The summed E-state index contributed by atoms with van der Waals surface area (Å²) >= 11 is 3.58. The average molecular weight is 236 g/mol. The Morgan fingerprint density at radius 3 is 1.80 bits per heavy atom. The highest BCUT2D eigenvalue weighted by atomic mass is 32.1. The van der Waals surface area contributed by atoms with Crippen molar-refractivity contribution in [1.82, 2.24) is 0 Å². The summed E-state index contributed by atoms with van der Waals surface area (Å²) < 4.78 is 0. The Bertz CT molecular complexity index is 367. The summed E-state index contributed by atoms with van der Waals surface area (Å²) in [6.07, 6.45) is 1.28. The topological polar surface area (TPSA) is 17.1 Å². The van der Waals surface area contributed by atoms with E-state index in [0.717, 1.165) is 0 Å². The lowest BCUT2D eigenvalue weighted by atomic mass is 10.4. The van der Waals surface area contributed by atoms with Crippen molar-refractivity contribution in [1.29, 1.82) is 0 Å². The fraction of sp³-hybridized carbons (Fsp3) is 0.0833. The van der Waals surface area contributed by atoms with Gasteiger partial charge in [-0.1, -0.05) is 18.7 Å². The molecule has 0 radical (unpaired) electrons. The lowest BCUT2D eigenvalue weighted by molar-refractivity contribution is -0.112. The van der Waals surface area contributed by atoms with E-state index in [9.17, 15) is 4.79 Å². The zero-order valence-corrected chi connectivity index (χ0v) is 10.1. The molecule has 2 rings (SSSR count). The van der Waals surface area contributed by atoms with Crippen LogP contribution in [0.1, 0.15) is 6.92 Å². The number of hydrogen-bond donors (Lipinski definition) is 0. The van der Waals surface area contributed by atoms with Crippen molar-refractivity contribution in [2.24, 2.45) is 0 Å². The minimum Gasteiger partial charge on any atom is -0.295 e. The van der Waals surface area contributed by atoms with Gasteiger partial charge in [0.1, 0.15) is 0 Å². The molecule has 0 aliphatic rings. The van der Waals surface area contributed by atoms with Gasteiger partial charge in [-0.25, -0.2) is 0 Å². The van der Waals surface area contributed by atoms with Crippen molar-refractivity contribution in [3.63, 3.8) is 0 Å². The lowest BCUT2D eigenvalue weighted by Gasteiger charge is -1.84. The van der Waals surface area contributed by atoms with Crippen LogP contribution in [0.25, 0.3) is 9.75 Å². The molecule has 0 aliphatic carbocycles. The van der Waals surface area contributed by atoms with Gasteiger partial charge in [-0.3, -0.25) is 4.79 Å². The van der Waals surface area contributed by atoms with E-state index in [1.54, 1.807) is 22.7 Å². The van der Waals surface area contributed by atoms with Crippen LogP contribution >= 0.6 is 22.7 Å². The largest absolute Gasteiger partial charge is 0.295 e. The quantitative estimate of drug-likeness (QED) is 0.713. The molecule has 78 valence electrons. The predicted molar refractivity (Wildman–Crippen MR) is 68.5 cm³/mol. The van der Waals surface area contributed by atoms with Gasteiger partial charge in [-0.2, -0.15) is 0 Å². The van der Waals surface area contributed by atoms with Crippen molar-refractivity contribution in [2.75, 3.05) is 0 Å². The number of hydrogen-bond acceptors (Lipinski definition) is 3. The molecular weight excluding hydrogens is 224 g/mol. The van der Waals surface area contributed by atoms with Gasteiger partial charge >= 0.3 is 0 Å². The molecule has 0 fully saturated rings. The third-order valence-electron chi connectivity index (χ3n) is 1.57. The number of ketones is 1. The highest BCUT2D eigenvalue weighted by Crippen LogP contribution is 2.28. The summed E-state index contributed by atoms with van der Waals surface area (Å²) in [4.78, 5) is 12.4. The Labute approximate surface area is 97.7 Å². The van der Waals surface area contributed by atoms with Crippen molar-refractivity contribution in [3.05, 3.63) is 47.7 Å². The first kappa shape index (κ1) is 11.9. The first-order chi connectivity index (χ1) is 7.24. The number of thiophene rings is 2. The second-order valence-corrected chi connectivity index (χ2v) is 4.66. The fourth-order valence-electron chi connectivity index (χ4n) is 0.838. The maximum absolute atomic E-state index is 9.69. The summed E-state index contributed by atoms with van der Waals surface area (Å²) in [5.41, 5.74) is 0. The highest BCUT2D eigenvalue weighted by Gasteiger charge is 1.96. The minimum absolute atomic E-state index is 0.0185. The molecule has 0 N–H and O–H groups in total. The second-order valence-electron chi connectivity index (χ2n) is 2.77. The Balaban J connectivity index is 0.000000195. The molecule has 2 heterocycles. The number of allylic oxidation sites excluding steroid dienone is 1. The molecule has 0 aliphatic heterocycles. The van der Waals surface area contributed by atoms with E-state index in [-0.39, 0.29) is 5.78 Å². The summed E-state index contributed by atoms with van der Waals surface area (Å²) in [7, 11) is 0. The van der Waals surface area contributed by atoms with Crippen LogP contribution in [0.2, 0.25) is 0 Å². The Hall–Kier alpha value is -1.19. The van der Waals surface area contributed by atoms with Gasteiger partial charge in [0, 0.05) is 9.75 Å². The molecule has 0 saturated heterocycles. The zero-order chi connectivity index (χ0) is 11.1. The monoisotopic (exact) mass is 236 g/mol. The van der Waals surface area contributed by atoms with E-state index in [1.165, 1.54) is 22.8 Å². The molecule has 3 heteroatoms. The van der Waals surface area contributed by atoms with E-state index < -0.39 is 0 Å². The zero-order valence-electron chi connectivity index (χ0n) is 8.47. The lowest BCUT2D eigenvalue weighted by Crippen LogP contribution is -1.74. The van der Waals surface area contributed by atoms with Crippen LogP contribution in [0.15, 0.2) is 47.7 Å². The maximum Gasteiger partial charge on any atom is 0.152 e. The molecule has 2 aromatic heterocycles. The number of rotatable bonds is 2. The van der Waals surface area contributed by atoms with E-state index in [0.29, 0.717) is 0 Å². The standard InChI is InChI=1S/C8H6S2.C4H6O/c1-3-7(9-5-1)8-4-2-6-10-8;1-3-4(2)5/h1-6H;3H,1H2,2H3. The van der Waals surface area contributed by atoms with Crippen LogP contribution in [-0.4, -0.2) is 5.78 Å². The van der Waals surface area contributed by atoms with Crippen molar-refractivity contribution < 1.29 is 4.79 Å². The SMILES string of the molecule is C=CC(C)=O.c1csc(-c2cccs2)c1. The Morgan fingerprint density at radius 2 is 1.60 bits per heavy atom. The highest BCUT2D eigenvalue weighted by molar-refractivity contribution is 7.20. The van der Waals surface area contributed by atoms with Gasteiger partial charge in [0.2, 0.25) is 0 Å². The normalized spacial score (nSPS) is 8.87. The molecule has 0 atom stereocenters. The first-order valence-corrected chi connectivity index (χ1v) is 6.20. The second kappa shape index (κ2) is 6.32. The summed E-state index contributed by atoms with van der Waals surface area (Å²) in [5.74, 6) is 0.0185. The molecule has 0 bridgehead atoms. The molecule has 0 amide bonds. The van der Waals surface area contributed by atoms with Crippen molar-refractivity contribution in [2.45, 2.75) is 6.92 Å². The summed E-state index contributed by atoms with van der Waals surface area (Å²) in [6.45, 7) is 4.68. The predicted octanol–water partition coefficient (Wildman–Crippen LogP) is 4.24. The van der Waals surface area contributed by atoms with E-state index in [4.69, 9.17) is 0 Å². The Kier molecular flexibility index (Phi) is 5.01. The number of carbonyl (C=O) groups excluding carboxylic acids is 1. The first-order valence-electron chi connectivity index (χ1n) is 4.44. The average Bonchev–Trinajstić information content (AvgIpc) is 2.90. The van der Waals surface area contributed by atoms with Crippen LogP contribution < -0.4 is 0 Å². The molecule has 15 heavy (non-hydrogen) atoms. The van der Waals surface area contributed by atoms with Gasteiger partial charge in [-0.15, -0.1) is 22.7 Å². The summed E-state index contributed by atoms with van der Waals surface area (Å²) in [5, 5.41) is 4.21. The smallest absolute Gasteiger partial charge is 0.152 e.